The van der Waals surface area contributed by atoms with E-state index in [0.29, 0.717) is 21.7 Å². The smallest absolute Gasteiger partial charge is 0.343 e. The van der Waals surface area contributed by atoms with Gasteiger partial charge in [-0.2, -0.15) is 5.10 Å². The van der Waals surface area contributed by atoms with E-state index in [0.717, 1.165) is 0 Å². The molecule has 0 unspecified atom stereocenters. The molecule has 0 aliphatic rings. The van der Waals surface area contributed by atoms with Crippen molar-refractivity contribution in [1.82, 2.24) is 5.43 Å². The molecule has 0 fully saturated rings. The first-order valence-electron chi connectivity index (χ1n) is 11.5. The largest absolute Gasteiger partial charge is 0.482 e. The van der Waals surface area contributed by atoms with Gasteiger partial charge in [0.25, 0.3) is 5.91 Å². The Morgan fingerprint density at radius 2 is 1.38 bits per heavy atom. The highest BCUT2D eigenvalue weighted by Crippen LogP contribution is 2.28. The summed E-state index contributed by atoms with van der Waals surface area (Å²) in [6, 6.07) is 25.9. The van der Waals surface area contributed by atoms with Crippen molar-refractivity contribution in [3.8, 4) is 17.2 Å². The van der Waals surface area contributed by atoms with E-state index < -0.39 is 17.8 Å². The van der Waals surface area contributed by atoms with Crippen LogP contribution in [-0.2, 0) is 4.79 Å². The van der Waals surface area contributed by atoms with Gasteiger partial charge in [0.05, 0.1) is 22.4 Å². The van der Waals surface area contributed by atoms with Crippen molar-refractivity contribution in [2.75, 3.05) is 6.61 Å². The number of nitrogens with zero attached hydrogens (tertiary/aromatic N) is 1. The van der Waals surface area contributed by atoms with Crippen molar-refractivity contribution in [3.63, 3.8) is 0 Å². The number of ether oxygens (including phenoxy) is 3. The number of carbonyl (C=O) groups excluding carboxylic acids is 3. The van der Waals surface area contributed by atoms with Crippen LogP contribution in [-0.4, -0.2) is 30.7 Å². The van der Waals surface area contributed by atoms with Crippen LogP contribution in [0.2, 0.25) is 10.0 Å². The van der Waals surface area contributed by atoms with Crippen LogP contribution in [0, 0.1) is 0 Å². The highest BCUT2D eigenvalue weighted by atomic mass is 35.5. The van der Waals surface area contributed by atoms with Gasteiger partial charge in [-0.15, -0.1) is 0 Å². The third-order valence-corrected chi connectivity index (χ3v) is 5.59. The molecule has 0 aromatic heterocycles. The zero-order chi connectivity index (χ0) is 27.6. The standard InChI is InChI=1S/C29H20Cl2N2O6/c30-22-12-14-25(24(31)15-22)37-18-27(34)33-32-17-21-11-13-23(38-28(35)19-7-3-1-4-8-19)16-26(21)39-29(36)20-9-5-2-6-10-20/h1-17H,18H2,(H,33,34)/b32-17-. The molecule has 8 nitrogen and oxygen atoms in total. The second kappa shape index (κ2) is 13.2. The maximum Gasteiger partial charge on any atom is 0.343 e. The van der Waals surface area contributed by atoms with Crippen LogP contribution in [0.1, 0.15) is 26.3 Å². The van der Waals surface area contributed by atoms with Crippen LogP contribution >= 0.6 is 23.2 Å². The predicted octanol–water partition coefficient (Wildman–Crippen LogP) is 5.96. The third kappa shape index (κ3) is 7.91. The lowest BCUT2D eigenvalue weighted by atomic mass is 10.2. The molecular formula is C29H20Cl2N2O6. The van der Waals surface area contributed by atoms with Crippen molar-refractivity contribution in [1.29, 1.82) is 0 Å². The normalized spacial score (nSPS) is 10.6. The fourth-order valence-electron chi connectivity index (χ4n) is 3.19. The van der Waals surface area contributed by atoms with E-state index in [1.807, 2.05) is 0 Å². The Hall–Kier alpha value is -4.66. The van der Waals surface area contributed by atoms with Gasteiger partial charge in [0.2, 0.25) is 0 Å². The SMILES string of the molecule is O=C(COc1ccc(Cl)cc1Cl)N/N=C\c1ccc(OC(=O)c2ccccc2)cc1OC(=O)c1ccccc1. The third-order valence-electron chi connectivity index (χ3n) is 5.06. The summed E-state index contributed by atoms with van der Waals surface area (Å²) >= 11 is 11.9. The molecular weight excluding hydrogens is 543 g/mol. The molecule has 0 radical (unpaired) electrons. The molecule has 0 aliphatic heterocycles. The summed E-state index contributed by atoms with van der Waals surface area (Å²) in [4.78, 5) is 37.3. The van der Waals surface area contributed by atoms with Gasteiger partial charge >= 0.3 is 11.9 Å². The van der Waals surface area contributed by atoms with Crippen molar-refractivity contribution in [2.24, 2.45) is 5.10 Å². The first-order valence-corrected chi connectivity index (χ1v) is 12.2. The maximum absolute atomic E-state index is 12.7. The van der Waals surface area contributed by atoms with Crippen LogP contribution in [0.4, 0.5) is 0 Å². The molecule has 4 aromatic rings. The minimum Gasteiger partial charge on any atom is -0.482 e. The molecule has 0 atom stereocenters. The van der Waals surface area contributed by atoms with Crippen LogP contribution in [0.25, 0.3) is 0 Å². The number of hydrazone groups is 1. The Morgan fingerprint density at radius 3 is 2.03 bits per heavy atom. The Labute approximate surface area is 233 Å². The molecule has 1 amide bonds. The van der Waals surface area contributed by atoms with E-state index in [-0.39, 0.29) is 28.9 Å². The van der Waals surface area contributed by atoms with E-state index in [2.05, 4.69) is 10.5 Å². The summed E-state index contributed by atoms with van der Waals surface area (Å²) in [5.74, 6) is -1.28. The molecule has 0 aliphatic carbocycles. The number of amides is 1. The zero-order valence-electron chi connectivity index (χ0n) is 20.2. The molecule has 10 heteroatoms. The molecule has 196 valence electrons. The summed E-state index contributed by atoms with van der Waals surface area (Å²) in [6.07, 6.45) is 1.28. The first kappa shape index (κ1) is 27.4. The topological polar surface area (TPSA) is 103 Å². The van der Waals surface area contributed by atoms with Gasteiger partial charge in [0.15, 0.2) is 6.61 Å². The molecule has 4 rings (SSSR count). The number of halogens is 2. The quantitative estimate of drug-likeness (QED) is 0.117. The molecule has 0 spiro atoms. The summed E-state index contributed by atoms with van der Waals surface area (Å²) in [7, 11) is 0. The van der Waals surface area contributed by atoms with E-state index >= 15 is 0 Å². The fourth-order valence-corrected chi connectivity index (χ4v) is 3.65. The molecule has 0 saturated carbocycles. The highest BCUT2D eigenvalue weighted by Gasteiger charge is 2.15. The van der Waals surface area contributed by atoms with Crippen molar-refractivity contribution in [3.05, 3.63) is 124 Å². The number of hydrogen-bond donors (Lipinski definition) is 1. The fraction of sp³-hybridized carbons (Fsp3) is 0.0345. The van der Waals surface area contributed by atoms with Gasteiger partial charge < -0.3 is 14.2 Å². The van der Waals surface area contributed by atoms with Crippen LogP contribution in [0.15, 0.2) is 102 Å². The minimum absolute atomic E-state index is 0.0596. The van der Waals surface area contributed by atoms with Crippen LogP contribution < -0.4 is 19.6 Å². The Morgan fingerprint density at radius 1 is 0.744 bits per heavy atom. The molecule has 0 saturated heterocycles. The number of nitrogens with one attached hydrogen (secondary N) is 1. The lowest BCUT2D eigenvalue weighted by Gasteiger charge is -2.11. The molecule has 1 N–H and O–H groups in total. The highest BCUT2D eigenvalue weighted by molar-refractivity contribution is 6.35. The maximum atomic E-state index is 12.7. The van der Waals surface area contributed by atoms with E-state index in [4.69, 9.17) is 37.4 Å². The number of rotatable bonds is 9. The summed E-state index contributed by atoms with van der Waals surface area (Å²) in [6.45, 7) is -0.358. The Kier molecular flexibility index (Phi) is 9.29. The lowest BCUT2D eigenvalue weighted by molar-refractivity contribution is -0.123. The number of esters is 2. The van der Waals surface area contributed by atoms with E-state index in [1.54, 1.807) is 72.8 Å². The second-order valence-electron chi connectivity index (χ2n) is 7.87. The van der Waals surface area contributed by atoms with Gasteiger partial charge in [0.1, 0.15) is 17.2 Å². The Bertz CT molecular complexity index is 1510. The van der Waals surface area contributed by atoms with Crippen molar-refractivity contribution < 1.29 is 28.6 Å². The zero-order valence-corrected chi connectivity index (χ0v) is 21.7. The second-order valence-corrected chi connectivity index (χ2v) is 8.71. The average molecular weight is 563 g/mol. The number of carbonyl (C=O) groups is 3. The van der Waals surface area contributed by atoms with E-state index in [9.17, 15) is 14.4 Å². The molecule has 39 heavy (non-hydrogen) atoms. The lowest BCUT2D eigenvalue weighted by Crippen LogP contribution is -2.24. The van der Waals surface area contributed by atoms with E-state index in [1.165, 1.54) is 30.5 Å². The Balaban J connectivity index is 1.47. The number of benzene rings is 4. The van der Waals surface area contributed by atoms with Gasteiger partial charge in [0, 0.05) is 16.7 Å². The predicted molar refractivity (Wildman–Crippen MR) is 147 cm³/mol. The summed E-state index contributed by atoms with van der Waals surface area (Å²) in [5.41, 5.74) is 3.33. The summed E-state index contributed by atoms with van der Waals surface area (Å²) < 4.78 is 16.4. The number of hydrogen-bond acceptors (Lipinski definition) is 7. The summed E-state index contributed by atoms with van der Waals surface area (Å²) in [5, 5.41) is 4.61. The minimum atomic E-state index is -0.630. The average Bonchev–Trinajstić information content (AvgIpc) is 2.94. The van der Waals surface area contributed by atoms with Crippen LogP contribution in [0.5, 0.6) is 17.2 Å². The molecule has 0 heterocycles. The first-order chi connectivity index (χ1) is 18.9. The van der Waals surface area contributed by atoms with Crippen LogP contribution in [0.3, 0.4) is 0 Å². The van der Waals surface area contributed by atoms with Gasteiger partial charge in [-0.3, -0.25) is 4.79 Å². The monoisotopic (exact) mass is 562 g/mol. The molecule has 4 aromatic carbocycles. The molecule has 0 bridgehead atoms. The van der Waals surface area contributed by atoms with Gasteiger partial charge in [-0.25, -0.2) is 15.0 Å². The van der Waals surface area contributed by atoms with Crippen molar-refractivity contribution in [2.45, 2.75) is 0 Å². The van der Waals surface area contributed by atoms with Gasteiger partial charge in [-0.05, 0) is 54.6 Å². The van der Waals surface area contributed by atoms with Gasteiger partial charge in [-0.1, -0.05) is 59.6 Å². The van der Waals surface area contributed by atoms with Crippen molar-refractivity contribution >= 4 is 47.3 Å².